The van der Waals surface area contributed by atoms with Crippen LogP contribution in [0.3, 0.4) is 0 Å². The van der Waals surface area contributed by atoms with Crippen LogP contribution in [-0.4, -0.2) is 25.2 Å². The Morgan fingerprint density at radius 1 is 0.562 bits per heavy atom. The minimum atomic E-state index is -11.2. The molecule has 0 heterocycles. The molecule has 0 aromatic heterocycles. The summed E-state index contributed by atoms with van der Waals surface area (Å²) in [7, 11) is -0.485. The van der Waals surface area contributed by atoms with Crippen LogP contribution in [0.2, 0.25) is 5.02 Å². The molecule has 4 aromatic rings. The molecule has 0 saturated heterocycles. The number of thioether (sulfide) groups is 1. The first-order valence-corrected chi connectivity index (χ1v) is 24.2. The normalized spacial score (nSPS) is 13.1. The van der Waals surface area contributed by atoms with Gasteiger partial charge >= 0.3 is 36.4 Å². The zero-order chi connectivity index (χ0) is 35.3. The second-order valence-electron chi connectivity index (χ2n) is 11.4. The molecule has 0 atom stereocenters. The second kappa shape index (κ2) is 17.9. The summed E-state index contributed by atoms with van der Waals surface area (Å²) in [6, 6.07) is 27.8. The molecule has 0 radical (unpaired) electrons. The van der Waals surface area contributed by atoms with E-state index in [1.54, 1.807) is 24.3 Å². The SMILES string of the molecule is CCCCCCCCCCCCSc1ccc(-c2ccc([S+](c3ccc(F)cc3)c3ccc(F)cc3)cc2)c(Cl)c1.[F][Sb-]([F])([F])([F])([F])[F]. The molecule has 4 rings (SSSR count). The number of unbranched alkanes of at least 4 members (excludes halogenated alkanes) is 9. The molecule has 0 bridgehead atoms. The van der Waals surface area contributed by atoms with E-state index in [0.717, 1.165) is 36.6 Å². The van der Waals surface area contributed by atoms with Crippen molar-refractivity contribution in [3.63, 3.8) is 0 Å². The van der Waals surface area contributed by atoms with E-state index < -0.39 is 30.4 Å². The van der Waals surface area contributed by atoms with Crippen molar-refractivity contribution in [3.05, 3.63) is 108 Å². The molecule has 0 amide bonds. The van der Waals surface area contributed by atoms with E-state index in [0.29, 0.717) is 0 Å². The second-order valence-corrected chi connectivity index (χ2v) is 20.4. The van der Waals surface area contributed by atoms with Crippen LogP contribution in [0.1, 0.15) is 71.1 Å². The summed E-state index contributed by atoms with van der Waals surface area (Å²) < 4.78 is 86.8. The Kier molecular flexibility index (Phi) is 15.1. The van der Waals surface area contributed by atoms with Gasteiger partial charge in [0, 0.05) is 15.5 Å². The molecular formula is C36H40ClF8S2Sb. The Bertz CT molecular complexity index is 1490. The van der Waals surface area contributed by atoms with E-state index >= 15 is 0 Å². The van der Waals surface area contributed by atoms with Crippen LogP contribution in [0.5, 0.6) is 0 Å². The van der Waals surface area contributed by atoms with E-state index in [9.17, 15) is 25.7 Å². The number of hydrogen-bond donors (Lipinski definition) is 0. The first-order valence-electron chi connectivity index (χ1n) is 15.8. The molecule has 0 N–H and O–H groups in total. The molecule has 0 saturated carbocycles. The van der Waals surface area contributed by atoms with Crippen LogP contribution in [0.15, 0.2) is 111 Å². The number of rotatable bonds is 16. The average molecular weight is 846 g/mol. The molecule has 0 spiro atoms. The fraction of sp³-hybridized carbons (Fsp3) is 0.333. The molecule has 12 heteroatoms. The van der Waals surface area contributed by atoms with Crippen molar-refractivity contribution in [2.24, 2.45) is 0 Å². The summed E-state index contributed by atoms with van der Waals surface area (Å²) in [5.41, 5.74) is 2.05. The third-order valence-electron chi connectivity index (χ3n) is 7.21. The first kappa shape index (κ1) is 40.6. The zero-order valence-corrected chi connectivity index (χ0v) is 31.5. The zero-order valence-electron chi connectivity index (χ0n) is 26.6. The van der Waals surface area contributed by atoms with Crippen molar-refractivity contribution in [2.45, 2.75) is 90.7 Å². The standard InChI is InChI=1S/C36H40ClF2S2.6FH.Sb/c1-2-3-4-5-6-7-8-9-10-11-26-40-31-18-25-35(36(37)27-31)28-12-19-32(20-13-28)41(33-21-14-29(38)15-22-33)34-23-16-30(39)17-24-34;;;;;;;/h12-25,27H,2-11,26H2,1H3;6*1H;/q+1;;;;;;;+5/p-6. The summed E-state index contributed by atoms with van der Waals surface area (Å²) in [5, 5.41) is 0.752. The van der Waals surface area contributed by atoms with Gasteiger partial charge in [-0.3, -0.25) is 0 Å². The third kappa shape index (κ3) is 16.7. The van der Waals surface area contributed by atoms with Crippen molar-refractivity contribution < 1.29 is 25.7 Å². The van der Waals surface area contributed by atoms with Gasteiger partial charge in [0.25, 0.3) is 0 Å². The van der Waals surface area contributed by atoms with Crippen LogP contribution in [-0.2, 0) is 10.9 Å². The van der Waals surface area contributed by atoms with E-state index in [4.69, 9.17) is 11.6 Å². The Labute approximate surface area is 292 Å². The Hall–Kier alpha value is -1.87. The van der Waals surface area contributed by atoms with Gasteiger partial charge in [-0.1, -0.05) is 82.4 Å². The summed E-state index contributed by atoms with van der Waals surface area (Å²) >= 11 is -2.62. The summed E-state index contributed by atoms with van der Waals surface area (Å²) in [5.74, 6) is 0.577. The van der Waals surface area contributed by atoms with Crippen molar-refractivity contribution in [1.29, 1.82) is 0 Å². The maximum absolute atomic E-state index is 13.6. The van der Waals surface area contributed by atoms with Gasteiger partial charge in [0.2, 0.25) is 0 Å². The van der Waals surface area contributed by atoms with Gasteiger partial charge in [-0.2, -0.15) is 0 Å². The first-order chi connectivity index (χ1) is 22.5. The Balaban J connectivity index is 0.000000804. The fourth-order valence-corrected chi connectivity index (χ4v) is 8.26. The quantitative estimate of drug-likeness (QED) is 0.0356. The molecule has 0 nitrogen and oxygen atoms in total. The Morgan fingerprint density at radius 2 is 0.958 bits per heavy atom. The van der Waals surface area contributed by atoms with Crippen LogP contribution in [0.4, 0.5) is 25.7 Å². The molecule has 0 fully saturated rings. The van der Waals surface area contributed by atoms with E-state index in [-0.39, 0.29) is 11.6 Å². The molecule has 0 unspecified atom stereocenters. The molecule has 264 valence electrons. The summed E-state index contributed by atoms with van der Waals surface area (Å²) in [4.78, 5) is 4.24. The van der Waals surface area contributed by atoms with Gasteiger partial charge in [-0.05, 0) is 103 Å². The number of halogens is 9. The average Bonchev–Trinajstić information content (AvgIpc) is 3.01. The van der Waals surface area contributed by atoms with E-state index in [1.807, 2.05) is 11.8 Å². The molecule has 0 aliphatic carbocycles. The van der Waals surface area contributed by atoms with Crippen LogP contribution in [0, 0.1) is 11.6 Å². The number of benzene rings is 4. The molecule has 0 aliphatic heterocycles. The van der Waals surface area contributed by atoms with Gasteiger partial charge in [0.1, 0.15) is 11.6 Å². The predicted octanol–water partition coefficient (Wildman–Crippen LogP) is 14.5. The Morgan fingerprint density at radius 3 is 1.38 bits per heavy atom. The summed E-state index contributed by atoms with van der Waals surface area (Å²) in [6.45, 7) is 2.27. The monoisotopic (exact) mass is 844 g/mol. The van der Waals surface area contributed by atoms with Gasteiger partial charge in [0.05, 0.1) is 10.9 Å². The molecule has 48 heavy (non-hydrogen) atoms. The van der Waals surface area contributed by atoms with Crippen LogP contribution in [0.25, 0.3) is 11.1 Å². The topological polar surface area (TPSA) is 0 Å². The van der Waals surface area contributed by atoms with Gasteiger partial charge in [-0.25, -0.2) is 8.78 Å². The summed E-state index contributed by atoms with van der Waals surface area (Å²) in [6.07, 6.45) is 13.5. The van der Waals surface area contributed by atoms with Gasteiger partial charge < -0.3 is 0 Å². The molecule has 4 aromatic carbocycles. The molecule has 0 aliphatic rings. The van der Waals surface area contributed by atoms with Crippen molar-refractivity contribution >= 4 is 53.7 Å². The predicted molar refractivity (Wildman–Crippen MR) is 187 cm³/mol. The van der Waals surface area contributed by atoms with Crippen molar-refractivity contribution in [3.8, 4) is 11.1 Å². The fourth-order valence-electron chi connectivity index (χ4n) is 4.92. The van der Waals surface area contributed by atoms with Gasteiger partial charge in [-0.15, -0.1) is 11.8 Å². The van der Waals surface area contributed by atoms with E-state index in [2.05, 4.69) is 49.4 Å². The maximum atomic E-state index is 13.6. The van der Waals surface area contributed by atoms with E-state index in [1.165, 1.54) is 93.4 Å². The number of hydrogen-bond acceptors (Lipinski definition) is 1. The third-order valence-corrected chi connectivity index (χ3v) is 10.8. The minimum absolute atomic E-state index is 0.272. The van der Waals surface area contributed by atoms with Crippen LogP contribution < -0.4 is 0 Å². The van der Waals surface area contributed by atoms with Crippen LogP contribution >= 0.6 is 23.4 Å². The van der Waals surface area contributed by atoms with Crippen molar-refractivity contribution in [1.82, 2.24) is 0 Å². The molecular weight excluding hydrogens is 806 g/mol. The van der Waals surface area contributed by atoms with Gasteiger partial charge in [0.15, 0.2) is 14.7 Å². The van der Waals surface area contributed by atoms with Crippen molar-refractivity contribution in [2.75, 3.05) is 5.75 Å².